The zero-order valence-corrected chi connectivity index (χ0v) is 18.0. The predicted octanol–water partition coefficient (Wildman–Crippen LogP) is 2.70. The highest BCUT2D eigenvalue weighted by Crippen LogP contribution is 2.32. The van der Waals surface area contributed by atoms with Crippen molar-refractivity contribution in [3.8, 4) is 11.5 Å². The lowest BCUT2D eigenvalue weighted by atomic mass is 9.94. The number of carbonyl (C=O) groups excluding carboxylic acids is 2. The molecule has 0 saturated carbocycles. The minimum absolute atomic E-state index is 0.0738. The van der Waals surface area contributed by atoms with Gasteiger partial charge in [-0.15, -0.1) is 0 Å². The van der Waals surface area contributed by atoms with E-state index in [2.05, 4.69) is 10.1 Å². The van der Waals surface area contributed by atoms with Gasteiger partial charge in [-0.05, 0) is 42.3 Å². The Bertz CT molecular complexity index is 1230. The monoisotopic (exact) mass is 432 g/mol. The van der Waals surface area contributed by atoms with E-state index in [1.165, 1.54) is 5.01 Å². The van der Waals surface area contributed by atoms with E-state index in [1.807, 2.05) is 37.3 Å². The molecule has 2 amide bonds. The summed E-state index contributed by atoms with van der Waals surface area (Å²) in [7, 11) is 1.57. The van der Waals surface area contributed by atoms with E-state index in [1.54, 1.807) is 30.4 Å². The van der Waals surface area contributed by atoms with E-state index in [-0.39, 0.29) is 18.4 Å². The van der Waals surface area contributed by atoms with Crippen molar-refractivity contribution >= 4 is 28.9 Å². The molecule has 0 bridgehead atoms. The molecular weight excluding hydrogens is 408 g/mol. The molecule has 3 aromatic rings. The molecule has 5 rings (SSSR count). The Morgan fingerprint density at radius 1 is 1.16 bits per heavy atom. The number of carbonyl (C=O) groups is 2. The number of ether oxygens (including phenoxy) is 2. The second-order valence-corrected chi connectivity index (χ2v) is 7.85. The summed E-state index contributed by atoms with van der Waals surface area (Å²) in [5.74, 6) is 0.945. The molecule has 1 saturated heterocycles. The Hall–Kier alpha value is -3.81. The van der Waals surface area contributed by atoms with Crippen LogP contribution in [0.4, 0.5) is 0 Å². The van der Waals surface area contributed by atoms with Gasteiger partial charge in [0.25, 0.3) is 5.91 Å². The van der Waals surface area contributed by atoms with E-state index < -0.39 is 6.04 Å². The van der Waals surface area contributed by atoms with Crippen molar-refractivity contribution in [1.82, 2.24) is 14.9 Å². The second kappa shape index (κ2) is 8.03. The third-order valence-corrected chi connectivity index (χ3v) is 5.98. The van der Waals surface area contributed by atoms with Crippen LogP contribution in [-0.2, 0) is 22.6 Å². The number of rotatable bonds is 5. The first-order chi connectivity index (χ1) is 15.6. The molecule has 8 heteroatoms. The molecule has 1 atom stereocenters. The Morgan fingerprint density at radius 2 is 2.00 bits per heavy atom. The Morgan fingerprint density at radius 3 is 2.81 bits per heavy atom. The molecule has 0 radical (unpaired) electrons. The molecule has 8 nitrogen and oxygen atoms in total. The van der Waals surface area contributed by atoms with Crippen LogP contribution in [0, 0.1) is 0 Å². The number of aromatic nitrogens is 1. The average Bonchev–Trinajstić information content (AvgIpc) is 3.18. The molecule has 164 valence electrons. The zero-order valence-electron chi connectivity index (χ0n) is 18.0. The molecule has 1 aromatic heterocycles. The number of nitrogens with zero attached hydrogens (tertiary/aromatic N) is 3. The molecule has 0 aliphatic carbocycles. The van der Waals surface area contributed by atoms with E-state index in [9.17, 15) is 9.59 Å². The number of hydrogen-bond donors (Lipinski definition) is 1. The number of aromatic amines is 1. The number of benzene rings is 2. The van der Waals surface area contributed by atoms with Crippen LogP contribution >= 0.6 is 0 Å². The topological polar surface area (TPSA) is 87.2 Å². The Kier molecular flexibility index (Phi) is 5.05. The fraction of sp³-hybridized carbons (Fsp3) is 0.292. The van der Waals surface area contributed by atoms with E-state index >= 15 is 0 Å². The van der Waals surface area contributed by atoms with E-state index in [0.717, 1.165) is 27.7 Å². The molecular formula is C24H24N4O4. The minimum Gasteiger partial charge on any atom is -0.493 e. The van der Waals surface area contributed by atoms with Crippen LogP contribution in [-0.4, -0.2) is 59.2 Å². The van der Waals surface area contributed by atoms with Crippen LogP contribution in [0.3, 0.4) is 0 Å². The molecule has 32 heavy (non-hydrogen) atoms. The molecule has 0 unspecified atom stereocenters. The first-order valence-corrected chi connectivity index (χ1v) is 10.6. The van der Waals surface area contributed by atoms with Gasteiger partial charge in [0.05, 0.1) is 26.5 Å². The standard InChI is InChI=1S/C24H24N4O4/c1-3-32-21-9-8-15(10-22(21)31-2)12-25-28-14-23(29)27-13-19-17(11-20(27)24(28)30)16-6-4-5-7-18(16)26-19/h4-10,12,20,26H,3,11,13-14H2,1-2H3/b25-12+/t20-/m1/s1. The number of fused-ring (bicyclic) bond motifs is 4. The van der Waals surface area contributed by atoms with Crippen LogP contribution < -0.4 is 9.47 Å². The van der Waals surface area contributed by atoms with Crippen molar-refractivity contribution in [3.05, 3.63) is 59.3 Å². The lowest BCUT2D eigenvalue weighted by molar-refractivity contribution is -0.157. The van der Waals surface area contributed by atoms with Crippen molar-refractivity contribution < 1.29 is 19.1 Å². The highest BCUT2D eigenvalue weighted by molar-refractivity contribution is 5.97. The third-order valence-electron chi connectivity index (χ3n) is 5.98. The first kappa shape index (κ1) is 20.1. The van der Waals surface area contributed by atoms with Gasteiger partial charge in [0.15, 0.2) is 11.5 Å². The maximum atomic E-state index is 13.2. The lowest BCUT2D eigenvalue weighted by Crippen LogP contribution is -2.60. The van der Waals surface area contributed by atoms with Crippen LogP contribution in [0.25, 0.3) is 10.9 Å². The normalized spacial score (nSPS) is 18.2. The fourth-order valence-corrected chi connectivity index (χ4v) is 4.43. The molecule has 3 heterocycles. The molecule has 0 spiro atoms. The summed E-state index contributed by atoms with van der Waals surface area (Å²) in [5.41, 5.74) is 3.87. The molecule has 2 aliphatic heterocycles. The van der Waals surface area contributed by atoms with Crippen molar-refractivity contribution in [3.63, 3.8) is 0 Å². The zero-order chi connectivity index (χ0) is 22.2. The van der Waals surface area contributed by atoms with Crippen molar-refractivity contribution in [2.75, 3.05) is 20.3 Å². The summed E-state index contributed by atoms with van der Waals surface area (Å²) in [5, 5.41) is 6.71. The molecule has 1 fully saturated rings. The van der Waals surface area contributed by atoms with Gasteiger partial charge in [-0.1, -0.05) is 18.2 Å². The maximum Gasteiger partial charge on any atom is 0.266 e. The number of piperazine rings is 1. The van der Waals surface area contributed by atoms with Gasteiger partial charge < -0.3 is 19.4 Å². The van der Waals surface area contributed by atoms with Crippen molar-refractivity contribution in [2.45, 2.75) is 25.9 Å². The van der Waals surface area contributed by atoms with Gasteiger partial charge in [0.2, 0.25) is 5.91 Å². The molecule has 2 aliphatic rings. The number of methoxy groups -OCH3 is 1. The van der Waals surface area contributed by atoms with Crippen LogP contribution in [0.1, 0.15) is 23.7 Å². The van der Waals surface area contributed by atoms with Gasteiger partial charge in [-0.3, -0.25) is 9.59 Å². The summed E-state index contributed by atoms with van der Waals surface area (Å²) in [6.45, 7) is 2.77. The Labute approximate surface area is 185 Å². The number of nitrogens with one attached hydrogen (secondary N) is 1. The number of para-hydroxylation sites is 1. The first-order valence-electron chi connectivity index (χ1n) is 10.6. The van der Waals surface area contributed by atoms with Gasteiger partial charge in [-0.2, -0.15) is 5.10 Å². The van der Waals surface area contributed by atoms with Gasteiger partial charge in [0.1, 0.15) is 12.6 Å². The van der Waals surface area contributed by atoms with Crippen LogP contribution in [0.2, 0.25) is 0 Å². The molecule has 2 aromatic carbocycles. The maximum absolute atomic E-state index is 13.2. The van der Waals surface area contributed by atoms with E-state index in [0.29, 0.717) is 31.1 Å². The van der Waals surface area contributed by atoms with Crippen molar-refractivity contribution in [2.24, 2.45) is 5.10 Å². The second-order valence-electron chi connectivity index (χ2n) is 7.85. The van der Waals surface area contributed by atoms with Gasteiger partial charge in [0, 0.05) is 23.0 Å². The number of H-pyrrole nitrogens is 1. The summed E-state index contributed by atoms with van der Waals surface area (Å²) < 4.78 is 10.9. The number of hydrazone groups is 1. The Balaban J connectivity index is 1.39. The SMILES string of the molecule is CCOc1ccc(/C=N/N2CC(=O)N3Cc4[nH]c5ccccc5c4C[C@@H]3C2=O)cc1OC. The quantitative estimate of drug-likeness (QED) is 0.628. The van der Waals surface area contributed by atoms with Crippen molar-refractivity contribution in [1.29, 1.82) is 0 Å². The summed E-state index contributed by atoms with van der Waals surface area (Å²) in [4.78, 5) is 31.1. The fourth-order valence-electron chi connectivity index (χ4n) is 4.43. The highest BCUT2D eigenvalue weighted by Gasteiger charge is 2.43. The third kappa shape index (κ3) is 3.37. The summed E-state index contributed by atoms with van der Waals surface area (Å²) in [6, 6.07) is 12.9. The van der Waals surface area contributed by atoms with Gasteiger partial charge in [-0.25, -0.2) is 5.01 Å². The number of amides is 2. The van der Waals surface area contributed by atoms with E-state index in [4.69, 9.17) is 9.47 Å². The smallest absolute Gasteiger partial charge is 0.266 e. The predicted molar refractivity (Wildman–Crippen MR) is 120 cm³/mol. The summed E-state index contributed by atoms with van der Waals surface area (Å²) >= 11 is 0. The summed E-state index contributed by atoms with van der Waals surface area (Å²) in [6.07, 6.45) is 2.05. The molecule has 1 N–H and O–H groups in total. The van der Waals surface area contributed by atoms with Gasteiger partial charge >= 0.3 is 0 Å². The lowest BCUT2D eigenvalue weighted by Gasteiger charge is -2.40. The highest BCUT2D eigenvalue weighted by atomic mass is 16.5. The average molecular weight is 432 g/mol. The minimum atomic E-state index is -0.546. The number of hydrogen-bond acceptors (Lipinski definition) is 5. The van der Waals surface area contributed by atoms with Crippen LogP contribution in [0.5, 0.6) is 11.5 Å². The van der Waals surface area contributed by atoms with Crippen LogP contribution in [0.15, 0.2) is 47.6 Å². The largest absolute Gasteiger partial charge is 0.493 e.